The van der Waals surface area contributed by atoms with Crippen molar-refractivity contribution in [3.05, 3.63) is 168 Å². The third-order valence-electron chi connectivity index (χ3n) is 10.8. The highest BCUT2D eigenvalue weighted by Crippen LogP contribution is 2.28. The molecule has 0 N–H and O–H groups in total. The number of carbonyl (C=O) groups is 4. The van der Waals surface area contributed by atoms with Gasteiger partial charge in [0.25, 0.3) is 0 Å². The second-order valence-corrected chi connectivity index (χ2v) is 16.6. The van der Waals surface area contributed by atoms with Crippen LogP contribution >= 0.6 is 0 Å². The van der Waals surface area contributed by atoms with Crippen LogP contribution in [0, 0.1) is 17.8 Å². The summed E-state index contributed by atoms with van der Waals surface area (Å²) < 4.78 is 33.9. The average Bonchev–Trinajstić information content (AvgIpc) is 3.31. The Balaban J connectivity index is 0.941. The summed E-state index contributed by atoms with van der Waals surface area (Å²) in [4.78, 5) is 51.5. The van der Waals surface area contributed by atoms with Crippen LogP contribution in [0.2, 0.25) is 0 Å². The van der Waals surface area contributed by atoms with Gasteiger partial charge in [0.1, 0.15) is 34.5 Å². The summed E-state index contributed by atoms with van der Waals surface area (Å²) in [5.41, 5.74) is 2.87. The zero-order valence-corrected chi connectivity index (χ0v) is 37.6. The van der Waals surface area contributed by atoms with Crippen LogP contribution < -0.4 is 28.4 Å². The lowest BCUT2D eigenvalue weighted by molar-refractivity contribution is 0.0720. The summed E-state index contributed by atoms with van der Waals surface area (Å²) in [6, 6.07) is 39.8. The Morgan fingerprint density at radius 3 is 1.28 bits per heavy atom. The zero-order chi connectivity index (χ0) is 46.1. The highest BCUT2D eigenvalue weighted by Gasteiger charge is 2.15. The fourth-order valence-electron chi connectivity index (χ4n) is 6.56. The smallest absolute Gasteiger partial charge is 0.343 e. The van der Waals surface area contributed by atoms with Gasteiger partial charge in [-0.25, -0.2) is 19.2 Å². The van der Waals surface area contributed by atoms with Crippen LogP contribution in [-0.2, 0) is 0 Å². The van der Waals surface area contributed by atoms with Crippen LogP contribution in [0.4, 0.5) is 0 Å². The molecule has 0 fully saturated rings. The number of benzene rings is 6. The molecule has 0 aliphatic heterocycles. The Labute approximate surface area is 381 Å². The maximum Gasteiger partial charge on any atom is 0.343 e. The predicted octanol–water partition coefficient (Wildman–Crippen LogP) is 12.9. The first kappa shape index (κ1) is 47.3. The second-order valence-electron chi connectivity index (χ2n) is 16.6. The van der Waals surface area contributed by atoms with Crippen LogP contribution in [-0.4, -0.2) is 37.1 Å². The lowest BCUT2D eigenvalue weighted by Crippen LogP contribution is -2.10. The zero-order valence-electron chi connectivity index (χ0n) is 37.6. The van der Waals surface area contributed by atoms with Crippen molar-refractivity contribution in [2.24, 2.45) is 17.8 Å². The van der Waals surface area contributed by atoms with Crippen molar-refractivity contribution < 1.29 is 47.6 Å². The van der Waals surface area contributed by atoms with E-state index < -0.39 is 23.9 Å². The van der Waals surface area contributed by atoms with Crippen molar-refractivity contribution in [3.63, 3.8) is 0 Å². The van der Waals surface area contributed by atoms with Crippen LogP contribution in [0.3, 0.4) is 0 Å². The largest absolute Gasteiger partial charge is 0.494 e. The molecule has 6 rings (SSSR count). The fraction of sp³-hybridized carbons (Fsp3) is 0.273. The molecule has 2 atom stereocenters. The van der Waals surface area contributed by atoms with Gasteiger partial charge in [-0.05, 0) is 157 Å². The molecule has 0 radical (unpaired) electrons. The van der Waals surface area contributed by atoms with Gasteiger partial charge in [-0.2, -0.15) is 0 Å². The molecule has 6 aromatic rings. The number of ether oxygens (including phenoxy) is 6. The van der Waals surface area contributed by atoms with Crippen LogP contribution in [0.25, 0.3) is 11.1 Å². The predicted molar refractivity (Wildman–Crippen MR) is 250 cm³/mol. The van der Waals surface area contributed by atoms with Gasteiger partial charge in [0.2, 0.25) is 0 Å². The number of carbonyl (C=O) groups excluding carboxylic acids is 4. The SMILES string of the molecule is CC[C@H](C)COc1ccc(C(=O)Oc2ccc(C(=O)Oc3ccc(-c4cccc(OC(=O)c5ccc(OC(=O)c6ccc(OCCC(C)CCCC(C)C)cc6)cc5)c4)cc3)cc2)cc1. The van der Waals surface area contributed by atoms with E-state index in [9.17, 15) is 19.2 Å². The van der Waals surface area contributed by atoms with E-state index in [1.54, 1.807) is 103 Å². The molecular formula is C55H56O10. The molecule has 10 heteroatoms. The number of hydrogen-bond donors (Lipinski definition) is 0. The standard InChI is InChI=1S/C55H56O10/c1-6-38(4)36-61-47-25-17-42(18-26-47)53(57)64-49-29-19-43(20-30-49)54(58)62-48-27-13-40(14-28-48)45-11-8-12-51(35-45)65-55(59)44-21-31-50(32-22-44)63-52(56)41-15-23-46(24-16-41)60-34-33-39(5)10-7-9-37(2)3/h8,11-32,35,37-39H,6-7,9-10,33-34,36H2,1-5H3/t38-,39?/m0/s1. The Bertz CT molecular complexity index is 2470. The quantitative estimate of drug-likeness (QED) is 0.0510. The molecular weight excluding hydrogens is 821 g/mol. The molecule has 6 aromatic carbocycles. The topological polar surface area (TPSA) is 124 Å². The van der Waals surface area contributed by atoms with Crippen LogP contribution in [0.5, 0.6) is 34.5 Å². The second kappa shape index (κ2) is 23.5. The van der Waals surface area contributed by atoms with Gasteiger partial charge in [0, 0.05) is 0 Å². The van der Waals surface area contributed by atoms with Gasteiger partial charge >= 0.3 is 23.9 Å². The molecule has 0 bridgehead atoms. The minimum atomic E-state index is -0.581. The summed E-state index contributed by atoms with van der Waals surface area (Å²) in [6.07, 6.45) is 5.67. The maximum absolute atomic E-state index is 13.1. The molecule has 0 saturated heterocycles. The van der Waals surface area contributed by atoms with Gasteiger partial charge < -0.3 is 28.4 Å². The Morgan fingerprint density at radius 1 is 0.415 bits per heavy atom. The first-order valence-electron chi connectivity index (χ1n) is 22.2. The summed E-state index contributed by atoms with van der Waals surface area (Å²) >= 11 is 0. The lowest BCUT2D eigenvalue weighted by atomic mass is 9.98. The molecule has 0 saturated carbocycles. The summed E-state index contributed by atoms with van der Waals surface area (Å²) in [6.45, 7) is 12.2. The van der Waals surface area contributed by atoms with Crippen molar-refractivity contribution in [2.75, 3.05) is 13.2 Å². The molecule has 0 aliphatic rings. The van der Waals surface area contributed by atoms with E-state index in [-0.39, 0.29) is 22.6 Å². The first-order valence-corrected chi connectivity index (χ1v) is 22.2. The lowest BCUT2D eigenvalue weighted by Gasteiger charge is -2.13. The molecule has 336 valence electrons. The highest BCUT2D eigenvalue weighted by atomic mass is 16.5. The number of esters is 4. The molecule has 0 aliphatic carbocycles. The molecule has 0 aromatic heterocycles. The minimum absolute atomic E-state index is 0.275. The van der Waals surface area contributed by atoms with Gasteiger partial charge in [0.15, 0.2) is 0 Å². The van der Waals surface area contributed by atoms with E-state index in [2.05, 4.69) is 34.6 Å². The molecule has 0 amide bonds. The van der Waals surface area contributed by atoms with Gasteiger partial charge in [-0.1, -0.05) is 84.6 Å². The van der Waals surface area contributed by atoms with E-state index in [4.69, 9.17) is 28.4 Å². The third-order valence-corrected chi connectivity index (χ3v) is 10.8. The minimum Gasteiger partial charge on any atom is -0.494 e. The summed E-state index contributed by atoms with van der Waals surface area (Å²) in [5, 5.41) is 0. The fourth-order valence-corrected chi connectivity index (χ4v) is 6.56. The van der Waals surface area contributed by atoms with Crippen molar-refractivity contribution in [1.82, 2.24) is 0 Å². The van der Waals surface area contributed by atoms with E-state index in [0.717, 1.165) is 29.9 Å². The normalized spacial score (nSPS) is 11.8. The van der Waals surface area contributed by atoms with E-state index in [1.807, 2.05) is 6.07 Å². The van der Waals surface area contributed by atoms with Crippen molar-refractivity contribution >= 4 is 23.9 Å². The molecule has 0 heterocycles. The Morgan fingerprint density at radius 2 is 0.831 bits per heavy atom. The van der Waals surface area contributed by atoms with Crippen LogP contribution in [0.15, 0.2) is 146 Å². The van der Waals surface area contributed by atoms with Crippen molar-refractivity contribution in [3.8, 4) is 45.6 Å². The monoisotopic (exact) mass is 876 g/mol. The highest BCUT2D eigenvalue weighted by molar-refractivity contribution is 5.94. The third kappa shape index (κ3) is 14.7. The van der Waals surface area contributed by atoms with Crippen molar-refractivity contribution in [1.29, 1.82) is 0 Å². The maximum atomic E-state index is 13.1. The van der Waals surface area contributed by atoms with Gasteiger partial charge in [-0.15, -0.1) is 0 Å². The Hall–Kier alpha value is -7.20. The van der Waals surface area contributed by atoms with Crippen molar-refractivity contribution in [2.45, 2.75) is 66.7 Å². The molecule has 1 unspecified atom stereocenters. The number of rotatable bonds is 21. The summed E-state index contributed by atoms with van der Waals surface area (Å²) in [5.74, 6) is 2.15. The van der Waals surface area contributed by atoms with Gasteiger partial charge in [0.05, 0.1) is 35.5 Å². The summed E-state index contributed by atoms with van der Waals surface area (Å²) in [7, 11) is 0. The van der Waals surface area contributed by atoms with Gasteiger partial charge in [-0.3, -0.25) is 0 Å². The molecule has 0 spiro atoms. The van der Waals surface area contributed by atoms with E-state index >= 15 is 0 Å². The van der Waals surface area contributed by atoms with E-state index in [1.165, 1.54) is 55.7 Å². The first-order chi connectivity index (χ1) is 31.4. The Kier molecular flexibility index (Phi) is 17.1. The average molecular weight is 877 g/mol. The number of hydrogen-bond acceptors (Lipinski definition) is 10. The molecule has 10 nitrogen and oxygen atoms in total. The van der Waals surface area contributed by atoms with E-state index in [0.29, 0.717) is 59.2 Å². The molecule has 65 heavy (non-hydrogen) atoms. The van der Waals surface area contributed by atoms with Crippen LogP contribution in [0.1, 0.15) is 108 Å².